The van der Waals surface area contributed by atoms with Crippen LogP contribution in [0.2, 0.25) is 0 Å². The van der Waals surface area contributed by atoms with Crippen LogP contribution in [0.1, 0.15) is 36.4 Å². The Hall–Kier alpha value is -1.96. The summed E-state index contributed by atoms with van der Waals surface area (Å²) in [6.07, 6.45) is 3.91. The number of carbonyl (C=O) groups is 1. The van der Waals surface area contributed by atoms with Gasteiger partial charge in [0.05, 0.1) is 5.69 Å². The zero-order chi connectivity index (χ0) is 18.9. The summed E-state index contributed by atoms with van der Waals surface area (Å²) >= 11 is 1.64. The minimum absolute atomic E-state index is 0.0389. The number of ether oxygens (including phenoxy) is 1. The molecule has 1 fully saturated rings. The maximum Gasteiger partial charge on any atom is 0.221 e. The van der Waals surface area contributed by atoms with E-state index in [1.807, 2.05) is 30.3 Å². The number of rotatable bonds is 9. The lowest BCUT2D eigenvalue weighted by Gasteiger charge is -2.35. The molecule has 2 aromatic rings. The molecule has 0 saturated carbocycles. The van der Waals surface area contributed by atoms with Crippen molar-refractivity contribution in [1.29, 1.82) is 0 Å². The van der Waals surface area contributed by atoms with Crippen molar-refractivity contribution in [2.24, 2.45) is 5.73 Å². The van der Waals surface area contributed by atoms with E-state index in [4.69, 9.17) is 15.5 Å². The minimum Gasteiger partial charge on any atom is -0.486 e. The Morgan fingerprint density at radius 3 is 3.00 bits per heavy atom. The van der Waals surface area contributed by atoms with Gasteiger partial charge in [0.25, 0.3) is 0 Å². The molecule has 27 heavy (non-hydrogen) atoms. The van der Waals surface area contributed by atoms with Crippen molar-refractivity contribution in [2.45, 2.75) is 44.9 Å². The monoisotopic (exact) mass is 388 g/mol. The van der Waals surface area contributed by atoms with Crippen LogP contribution in [0.4, 0.5) is 0 Å². The number of benzene rings is 1. The second kappa shape index (κ2) is 10.4. The van der Waals surface area contributed by atoms with Gasteiger partial charge in [0, 0.05) is 37.5 Å². The summed E-state index contributed by atoms with van der Waals surface area (Å²) in [4.78, 5) is 18.9. The topological polar surface area (TPSA) is 80.5 Å². The van der Waals surface area contributed by atoms with Crippen LogP contribution in [-0.2, 0) is 17.9 Å². The predicted molar refractivity (Wildman–Crippen MR) is 108 cm³/mol. The molecule has 1 amide bonds. The zero-order valence-electron chi connectivity index (χ0n) is 15.6. The fourth-order valence-corrected chi connectivity index (χ4v) is 4.00. The molecule has 1 atom stereocenters. The molecule has 0 spiro atoms. The summed E-state index contributed by atoms with van der Waals surface area (Å²) in [5.74, 6) is 0.899. The van der Waals surface area contributed by atoms with Gasteiger partial charge >= 0.3 is 0 Å². The number of carbonyl (C=O) groups excluding carboxylic acids is 1. The minimum atomic E-state index is 0.0389. The van der Waals surface area contributed by atoms with E-state index in [9.17, 15) is 4.79 Å². The largest absolute Gasteiger partial charge is 0.486 e. The first-order chi connectivity index (χ1) is 13.2. The second-order valence-electron chi connectivity index (χ2n) is 6.80. The van der Waals surface area contributed by atoms with Gasteiger partial charge in [-0.3, -0.25) is 9.69 Å². The molecule has 1 aliphatic heterocycles. The van der Waals surface area contributed by atoms with Gasteiger partial charge in [0.15, 0.2) is 0 Å². The standard InChI is InChI=1S/C20H28N4O2S/c21-10-9-19(25)22-12-17-6-4-5-11-24(17)13-16-15-27-20(23-16)14-26-18-7-2-1-3-8-18/h1-3,7-8,15,17H,4-6,9-14,21H2,(H,22,25). The third-order valence-electron chi connectivity index (χ3n) is 4.73. The summed E-state index contributed by atoms with van der Waals surface area (Å²) in [7, 11) is 0. The Morgan fingerprint density at radius 1 is 1.33 bits per heavy atom. The van der Waals surface area contributed by atoms with Crippen molar-refractivity contribution in [3.63, 3.8) is 0 Å². The van der Waals surface area contributed by atoms with Gasteiger partial charge in [-0.05, 0) is 31.5 Å². The van der Waals surface area contributed by atoms with E-state index in [1.165, 1.54) is 12.8 Å². The van der Waals surface area contributed by atoms with E-state index in [0.717, 1.165) is 36.0 Å². The highest BCUT2D eigenvalue weighted by Crippen LogP contribution is 2.21. The van der Waals surface area contributed by atoms with E-state index in [0.29, 0.717) is 32.2 Å². The lowest BCUT2D eigenvalue weighted by molar-refractivity contribution is -0.121. The maximum atomic E-state index is 11.7. The number of nitrogens with two attached hydrogens (primary N) is 1. The molecule has 1 aromatic heterocycles. The molecule has 146 valence electrons. The first-order valence-corrected chi connectivity index (χ1v) is 10.4. The fourth-order valence-electron chi connectivity index (χ4n) is 3.31. The number of likely N-dealkylation sites (tertiary alicyclic amines) is 1. The van der Waals surface area contributed by atoms with Gasteiger partial charge in [-0.2, -0.15) is 0 Å². The summed E-state index contributed by atoms with van der Waals surface area (Å²) in [6, 6.07) is 10.2. The normalized spacial score (nSPS) is 17.6. The van der Waals surface area contributed by atoms with Crippen LogP contribution in [0.3, 0.4) is 0 Å². The molecule has 0 bridgehead atoms. The van der Waals surface area contributed by atoms with Crippen LogP contribution in [0.25, 0.3) is 0 Å². The first-order valence-electron chi connectivity index (χ1n) is 9.56. The van der Waals surface area contributed by atoms with Gasteiger partial charge in [-0.1, -0.05) is 24.6 Å². The van der Waals surface area contributed by atoms with Crippen LogP contribution in [0, 0.1) is 0 Å². The Labute approximate surface area is 164 Å². The predicted octanol–water partition coefficient (Wildman–Crippen LogP) is 2.54. The van der Waals surface area contributed by atoms with Crippen LogP contribution in [-0.4, -0.2) is 41.5 Å². The molecule has 6 nitrogen and oxygen atoms in total. The molecule has 1 aromatic carbocycles. The lowest BCUT2D eigenvalue weighted by Crippen LogP contribution is -2.46. The van der Waals surface area contributed by atoms with Crippen molar-refractivity contribution >= 4 is 17.2 Å². The van der Waals surface area contributed by atoms with E-state index in [-0.39, 0.29) is 5.91 Å². The zero-order valence-corrected chi connectivity index (χ0v) is 16.4. The summed E-state index contributed by atoms with van der Waals surface area (Å²) in [5.41, 5.74) is 6.52. The lowest BCUT2D eigenvalue weighted by atomic mass is 10.0. The van der Waals surface area contributed by atoms with Crippen molar-refractivity contribution in [2.75, 3.05) is 19.6 Å². The highest BCUT2D eigenvalue weighted by atomic mass is 32.1. The van der Waals surface area contributed by atoms with E-state index < -0.39 is 0 Å². The van der Waals surface area contributed by atoms with Crippen molar-refractivity contribution in [3.05, 3.63) is 46.4 Å². The second-order valence-corrected chi connectivity index (χ2v) is 7.74. The molecular weight excluding hydrogens is 360 g/mol. The molecule has 1 saturated heterocycles. The van der Waals surface area contributed by atoms with Gasteiger partial charge in [0.1, 0.15) is 17.4 Å². The molecule has 1 unspecified atom stereocenters. The van der Waals surface area contributed by atoms with Crippen LogP contribution < -0.4 is 15.8 Å². The Kier molecular flexibility index (Phi) is 7.62. The fraction of sp³-hybridized carbons (Fsp3) is 0.500. The number of para-hydroxylation sites is 1. The Balaban J connectivity index is 1.50. The van der Waals surface area contributed by atoms with E-state index in [1.54, 1.807) is 11.3 Å². The number of piperidine rings is 1. The third kappa shape index (κ3) is 6.30. The Bertz CT molecular complexity index is 707. The average Bonchev–Trinajstić information content (AvgIpc) is 3.14. The maximum absolute atomic E-state index is 11.7. The number of aromatic nitrogens is 1. The smallest absolute Gasteiger partial charge is 0.221 e. The van der Waals surface area contributed by atoms with Crippen LogP contribution in [0.15, 0.2) is 35.7 Å². The summed E-state index contributed by atoms with van der Waals surface area (Å²) in [6.45, 7) is 3.44. The van der Waals surface area contributed by atoms with Gasteiger partial charge < -0.3 is 15.8 Å². The highest BCUT2D eigenvalue weighted by Gasteiger charge is 2.23. The molecule has 1 aliphatic rings. The molecule has 0 aliphatic carbocycles. The van der Waals surface area contributed by atoms with Gasteiger partial charge in [-0.25, -0.2) is 4.98 Å². The molecular formula is C20H28N4O2S. The van der Waals surface area contributed by atoms with Crippen LogP contribution in [0.5, 0.6) is 5.75 Å². The summed E-state index contributed by atoms with van der Waals surface area (Å²) in [5, 5.41) is 6.11. The quantitative estimate of drug-likeness (QED) is 0.690. The van der Waals surface area contributed by atoms with Crippen molar-refractivity contribution in [1.82, 2.24) is 15.2 Å². The number of hydrogen-bond donors (Lipinski definition) is 2. The average molecular weight is 389 g/mol. The number of thiazole rings is 1. The SMILES string of the molecule is NCCC(=O)NCC1CCCCN1Cc1csc(COc2ccccc2)n1. The van der Waals surface area contributed by atoms with Crippen LogP contribution >= 0.6 is 11.3 Å². The highest BCUT2D eigenvalue weighted by molar-refractivity contribution is 7.09. The third-order valence-corrected chi connectivity index (χ3v) is 5.60. The van der Waals surface area contributed by atoms with Crippen molar-refractivity contribution in [3.8, 4) is 5.75 Å². The molecule has 3 rings (SSSR count). The number of amides is 1. The number of nitrogens with one attached hydrogen (secondary N) is 1. The molecule has 3 N–H and O–H groups in total. The first kappa shape index (κ1) is 19.8. The molecule has 0 radical (unpaired) electrons. The van der Waals surface area contributed by atoms with E-state index >= 15 is 0 Å². The van der Waals surface area contributed by atoms with Crippen molar-refractivity contribution < 1.29 is 9.53 Å². The van der Waals surface area contributed by atoms with Gasteiger partial charge in [0.2, 0.25) is 5.91 Å². The summed E-state index contributed by atoms with van der Waals surface area (Å²) < 4.78 is 5.78. The van der Waals surface area contributed by atoms with Gasteiger partial charge in [-0.15, -0.1) is 11.3 Å². The molecule has 7 heteroatoms. The van der Waals surface area contributed by atoms with E-state index in [2.05, 4.69) is 15.6 Å². The number of nitrogens with zero attached hydrogens (tertiary/aromatic N) is 2. The Morgan fingerprint density at radius 2 is 2.19 bits per heavy atom. The number of hydrogen-bond acceptors (Lipinski definition) is 6. The molecule has 2 heterocycles.